The SMILES string of the molecule is O=C(O)CN(Cc1ccc(OC(F)F)cc1)CC(F)(F)F. The van der Waals surface area contributed by atoms with Crippen LogP contribution in [0.25, 0.3) is 0 Å². The second-order valence-electron chi connectivity index (χ2n) is 4.18. The van der Waals surface area contributed by atoms with E-state index in [9.17, 15) is 26.7 Å². The van der Waals surface area contributed by atoms with Crippen molar-refractivity contribution in [1.29, 1.82) is 0 Å². The number of alkyl halides is 5. The number of aliphatic carboxylic acids is 1. The van der Waals surface area contributed by atoms with Crippen molar-refractivity contribution in [2.24, 2.45) is 0 Å². The maximum absolute atomic E-state index is 12.3. The minimum atomic E-state index is -4.53. The van der Waals surface area contributed by atoms with E-state index >= 15 is 0 Å². The summed E-state index contributed by atoms with van der Waals surface area (Å²) in [7, 11) is 0. The first-order chi connectivity index (χ1) is 9.65. The Morgan fingerprint density at radius 1 is 1.24 bits per heavy atom. The monoisotopic (exact) mass is 313 g/mol. The number of carboxylic acid groups (broad SMARTS) is 1. The number of benzene rings is 1. The lowest BCUT2D eigenvalue weighted by atomic mass is 10.2. The van der Waals surface area contributed by atoms with Gasteiger partial charge in [0, 0.05) is 6.54 Å². The lowest BCUT2D eigenvalue weighted by Crippen LogP contribution is -2.37. The van der Waals surface area contributed by atoms with Crippen molar-refractivity contribution in [2.45, 2.75) is 19.3 Å². The van der Waals surface area contributed by atoms with Crippen molar-refractivity contribution >= 4 is 5.97 Å². The number of hydrogen-bond donors (Lipinski definition) is 1. The van der Waals surface area contributed by atoms with Gasteiger partial charge in [0.2, 0.25) is 0 Å². The number of nitrogens with zero attached hydrogens (tertiary/aromatic N) is 1. The van der Waals surface area contributed by atoms with Crippen molar-refractivity contribution < 1.29 is 36.6 Å². The number of rotatable bonds is 7. The molecule has 0 saturated heterocycles. The Balaban J connectivity index is 2.71. The molecule has 1 N–H and O–H groups in total. The van der Waals surface area contributed by atoms with Crippen molar-refractivity contribution in [3.8, 4) is 5.75 Å². The van der Waals surface area contributed by atoms with E-state index in [1.54, 1.807) is 0 Å². The summed E-state index contributed by atoms with van der Waals surface area (Å²) >= 11 is 0. The van der Waals surface area contributed by atoms with Crippen LogP contribution in [-0.4, -0.2) is 41.9 Å². The van der Waals surface area contributed by atoms with E-state index in [0.29, 0.717) is 10.5 Å². The van der Waals surface area contributed by atoms with Gasteiger partial charge >= 0.3 is 18.8 Å². The molecule has 0 aliphatic heterocycles. The van der Waals surface area contributed by atoms with Gasteiger partial charge < -0.3 is 9.84 Å². The molecule has 9 heteroatoms. The highest BCUT2D eigenvalue weighted by atomic mass is 19.4. The lowest BCUT2D eigenvalue weighted by Gasteiger charge is -2.21. The summed E-state index contributed by atoms with van der Waals surface area (Å²) in [6.07, 6.45) is -4.53. The van der Waals surface area contributed by atoms with Gasteiger partial charge in [0.15, 0.2) is 0 Å². The normalized spacial score (nSPS) is 12.0. The maximum atomic E-state index is 12.3. The largest absolute Gasteiger partial charge is 0.480 e. The van der Waals surface area contributed by atoms with E-state index in [4.69, 9.17) is 5.11 Å². The van der Waals surface area contributed by atoms with E-state index in [-0.39, 0.29) is 12.3 Å². The molecule has 0 aliphatic rings. The number of carbonyl (C=O) groups is 1. The smallest absolute Gasteiger partial charge is 0.401 e. The molecule has 1 rings (SSSR count). The van der Waals surface area contributed by atoms with Crippen LogP contribution in [-0.2, 0) is 11.3 Å². The Labute approximate surface area is 116 Å². The van der Waals surface area contributed by atoms with Crippen LogP contribution in [0.2, 0.25) is 0 Å². The summed E-state index contributed by atoms with van der Waals surface area (Å²) in [6, 6.07) is 4.94. The Hall–Kier alpha value is -1.90. The van der Waals surface area contributed by atoms with Crippen LogP contribution in [0.15, 0.2) is 24.3 Å². The molecule has 0 saturated carbocycles. The lowest BCUT2D eigenvalue weighted by molar-refractivity contribution is -0.154. The molecule has 0 radical (unpaired) electrons. The van der Waals surface area contributed by atoms with E-state index < -0.39 is 31.8 Å². The fraction of sp³-hybridized carbons (Fsp3) is 0.417. The minimum absolute atomic E-state index is 0.130. The molecule has 0 atom stereocenters. The highest BCUT2D eigenvalue weighted by molar-refractivity contribution is 5.69. The fourth-order valence-corrected chi connectivity index (χ4v) is 1.65. The average molecular weight is 313 g/mol. The second kappa shape index (κ2) is 7.21. The Bertz CT molecular complexity index is 461. The maximum Gasteiger partial charge on any atom is 0.401 e. The molecule has 118 valence electrons. The van der Waals surface area contributed by atoms with Crippen LogP contribution in [0.4, 0.5) is 22.0 Å². The number of halogens is 5. The second-order valence-corrected chi connectivity index (χ2v) is 4.18. The van der Waals surface area contributed by atoms with Gasteiger partial charge in [-0.2, -0.15) is 22.0 Å². The van der Waals surface area contributed by atoms with Crippen LogP contribution in [0.5, 0.6) is 5.75 Å². The van der Waals surface area contributed by atoms with Gasteiger partial charge in [-0.1, -0.05) is 12.1 Å². The standard InChI is InChI=1S/C12H12F5NO3/c13-11(14)21-9-3-1-8(2-4-9)5-18(6-10(19)20)7-12(15,16)17/h1-4,11H,5-7H2,(H,19,20). The first kappa shape index (κ1) is 17.2. The third kappa shape index (κ3) is 7.45. The van der Waals surface area contributed by atoms with Crippen LogP contribution < -0.4 is 4.74 Å². The number of hydrogen-bond acceptors (Lipinski definition) is 3. The van der Waals surface area contributed by atoms with Gasteiger partial charge in [0.25, 0.3) is 0 Å². The van der Waals surface area contributed by atoms with Crippen LogP contribution in [0, 0.1) is 0 Å². The van der Waals surface area contributed by atoms with Crippen LogP contribution in [0.1, 0.15) is 5.56 Å². The Morgan fingerprint density at radius 2 is 1.81 bits per heavy atom. The van der Waals surface area contributed by atoms with Gasteiger partial charge in [-0.05, 0) is 17.7 Å². The van der Waals surface area contributed by atoms with Crippen molar-refractivity contribution in [3.63, 3.8) is 0 Å². The molecule has 1 aromatic rings. The van der Waals surface area contributed by atoms with Gasteiger partial charge in [-0.15, -0.1) is 0 Å². The molecule has 0 aromatic heterocycles. The molecule has 1 aromatic carbocycles. The van der Waals surface area contributed by atoms with Gasteiger partial charge in [0.1, 0.15) is 5.75 Å². The molecule has 0 aliphatic carbocycles. The summed E-state index contributed by atoms with van der Waals surface area (Å²) in [5.74, 6) is -1.52. The predicted molar refractivity (Wildman–Crippen MR) is 62.0 cm³/mol. The molecule has 0 bridgehead atoms. The van der Waals surface area contributed by atoms with Gasteiger partial charge in [-0.25, -0.2) is 0 Å². The highest BCUT2D eigenvalue weighted by Gasteiger charge is 2.31. The Kier molecular flexibility index (Phi) is 5.89. The molecule has 4 nitrogen and oxygen atoms in total. The van der Waals surface area contributed by atoms with E-state index in [2.05, 4.69) is 4.74 Å². The molecular weight excluding hydrogens is 301 g/mol. The minimum Gasteiger partial charge on any atom is -0.480 e. The molecular formula is C12H12F5NO3. The molecule has 0 spiro atoms. The zero-order valence-electron chi connectivity index (χ0n) is 10.6. The van der Waals surface area contributed by atoms with Crippen LogP contribution in [0.3, 0.4) is 0 Å². The average Bonchev–Trinajstić information content (AvgIpc) is 2.27. The number of carboxylic acids is 1. The summed E-state index contributed by atoms with van der Waals surface area (Å²) in [5, 5.41) is 8.59. The van der Waals surface area contributed by atoms with E-state index in [1.807, 2.05) is 0 Å². The third-order valence-corrected chi connectivity index (χ3v) is 2.32. The first-order valence-corrected chi connectivity index (χ1v) is 5.70. The summed E-state index contributed by atoms with van der Waals surface area (Å²) in [4.78, 5) is 11.2. The van der Waals surface area contributed by atoms with E-state index in [1.165, 1.54) is 24.3 Å². The molecule has 0 unspecified atom stereocenters. The summed E-state index contributed by atoms with van der Waals surface area (Å²) in [5.41, 5.74) is 0.349. The summed E-state index contributed by atoms with van der Waals surface area (Å²) < 4.78 is 65.0. The number of ether oxygens (including phenoxy) is 1. The summed E-state index contributed by atoms with van der Waals surface area (Å²) in [6.45, 7) is -5.44. The zero-order chi connectivity index (χ0) is 16.0. The fourth-order valence-electron chi connectivity index (χ4n) is 1.65. The van der Waals surface area contributed by atoms with E-state index in [0.717, 1.165) is 0 Å². The van der Waals surface area contributed by atoms with Gasteiger partial charge in [0.05, 0.1) is 13.1 Å². The molecule has 21 heavy (non-hydrogen) atoms. The first-order valence-electron chi connectivity index (χ1n) is 5.70. The van der Waals surface area contributed by atoms with Crippen molar-refractivity contribution in [3.05, 3.63) is 29.8 Å². The quantitative estimate of drug-likeness (QED) is 0.787. The highest BCUT2D eigenvalue weighted by Crippen LogP contribution is 2.20. The van der Waals surface area contributed by atoms with Crippen molar-refractivity contribution in [2.75, 3.05) is 13.1 Å². The Morgan fingerprint density at radius 3 is 2.24 bits per heavy atom. The molecule has 0 fully saturated rings. The third-order valence-electron chi connectivity index (χ3n) is 2.32. The van der Waals surface area contributed by atoms with Crippen molar-refractivity contribution in [1.82, 2.24) is 4.90 Å². The van der Waals surface area contributed by atoms with Gasteiger partial charge in [-0.3, -0.25) is 9.69 Å². The molecule has 0 heterocycles. The zero-order valence-corrected chi connectivity index (χ0v) is 10.6. The van der Waals surface area contributed by atoms with Crippen LogP contribution >= 0.6 is 0 Å². The molecule has 0 amide bonds. The predicted octanol–water partition coefficient (Wildman–Crippen LogP) is 2.74. The topological polar surface area (TPSA) is 49.8 Å².